The maximum Gasteiger partial charge on any atom is 0.254 e. The van der Waals surface area contributed by atoms with Crippen molar-refractivity contribution < 1.29 is 9.18 Å². The molecule has 1 N–H and O–H groups in total. The van der Waals surface area contributed by atoms with Gasteiger partial charge in [0.2, 0.25) is 0 Å². The third kappa shape index (κ3) is 3.76. The van der Waals surface area contributed by atoms with Gasteiger partial charge in [0.15, 0.2) is 0 Å². The van der Waals surface area contributed by atoms with Gasteiger partial charge in [-0.1, -0.05) is 22.9 Å². The van der Waals surface area contributed by atoms with Gasteiger partial charge in [-0.25, -0.2) is 4.39 Å². The molecule has 0 radical (unpaired) electrons. The number of nitrogens with zero attached hydrogens (tertiary/aromatic N) is 1. The summed E-state index contributed by atoms with van der Waals surface area (Å²) in [7, 11) is 0. The molecule has 3 nitrogen and oxygen atoms in total. The van der Waals surface area contributed by atoms with Crippen molar-refractivity contribution in [3.8, 4) is 0 Å². The van der Waals surface area contributed by atoms with E-state index in [1.807, 2.05) is 0 Å². The molecule has 2 rings (SSSR count). The van der Waals surface area contributed by atoms with E-state index >= 15 is 0 Å². The molecule has 0 aliphatic carbocycles. The fourth-order valence-electron chi connectivity index (χ4n) is 2.33. The Bertz CT molecular complexity index is 459. The summed E-state index contributed by atoms with van der Waals surface area (Å²) in [5.41, 5.74) is 0.112. The van der Waals surface area contributed by atoms with Crippen molar-refractivity contribution in [2.45, 2.75) is 25.8 Å². The van der Waals surface area contributed by atoms with Gasteiger partial charge in [0.25, 0.3) is 5.91 Å². The molecule has 5 heteroatoms. The van der Waals surface area contributed by atoms with Crippen molar-refractivity contribution in [3.05, 3.63) is 34.1 Å². The van der Waals surface area contributed by atoms with Crippen LogP contribution >= 0.6 is 15.9 Å². The molecular weight excluding hydrogens is 311 g/mol. The maximum absolute atomic E-state index is 13.7. The van der Waals surface area contributed by atoms with Gasteiger partial charge in [0, 0.05) is 23.6 Å². The number of nitrogens with one attached hydrogen (secondary N) is 1. The van der Waals surface area contributed by atoms with E-state index in [2.05, 4.69) is 33.1 Å². The average Bonchev–Trinajstić information content (AvgIpc) is 2.39. The second-order valence-electron chi connectivity index (χ2n) is 4.81. The number of piperidine rings is 1. The first-order chi connectivity index (χ1) is 9.10. The van der Waals surface area contributed by atoms with Crippen LogP contribution in [0, 0.1) is 5.82 Å². The normalized spacial score (nSPS) is 17.4. The van der Waals surface area contributed by atoms with E-state index in [-0.39, 0.29) is 17.5 Å². The summed E-state index contributed by atoms with van der Waals surface area (Å²) in [5, 5.41) is 2.92. The number of amides is 1. The SMILES string of the molecule is CCN1CCC(NC(=O)c2ccc(Br)cc2F)CC1. The minimum Gasteiger partial charge on any atom is -0.349 e. The van der Waals surface area contributed by atoms with Gasteiger partial charge < -0.3 is 10.2 Å². The van der Waals surface area contributed by atoms with Crippen LogP contribution in [0.2, 0.25) is 0 Å². The van der Waals surface area contributed by atoms with Crippen LogP contribution in [0.15, 0.2) is 22.7 Å². The Morgan fingerprint density at radius 2 is 2.16 bits per heavy atom. The van der Waals surface area contributed by atoms with Crippen LogP contribution in [0.25, 0.3) is 0 Å². The number of hydrogen-bond acceptors (Lipinski definition) is 2. The standard InChI is InChI=1S/C14H18BrFN2O/c1-2-18-7-5-11(6-8-18)17-14(19)12-4-3-10(15)9-13(12)16/h3-4,9,11H,2,5-8H2,1H3,(H,17,19). The van der Waals surface area contributed by atoms with E-state index in [1.54, 1.807) is 6.07 Å². The predicted molar refractivity (Wildman–Crippen MR) is 76.7 cm³/mol. The van der Waals surface area contributed by atoms with E-state index in [0.29, 0.717) is 4.47 Å². The first kappa shape index (κ1) is 14.5. The van der Waals surface area contributed by atoms with Crippen LogP contribution in [-0.4, -0.2) is 36.5 Å². The number of carbonyl (C=O) groups is 1. The molecule has 1 saturated heterocycles. The Balaban J connectivity index is 1.94. The summed E-state index contributed by atoms with van der Waals surface area (Å²) in [6, 6.07) is 4.65. The minimum absolute atomic E-state index is 0.112. The lowest BCUT2D eigenvalue weighted by Gasteiger charge is -2.31. The van der Waals surface area contributed by atoms with Gasteiger partial charge >= 0.3 is 0 Å². The highest BCUT2D eigenvalue weighted by molar-refractivity contribution is 9.10. The minimum atomic E-state index is -0.488. The zero-order valence-corrected chi connectivity index (χ0v) is 12.5. The summed E-state index contributed by atoms with van der Waals surface area (Å²) in [6.45, 7) is 5.16. The molecule has 0 spiro atoms. The van der Waals surface area contributed by atoms with Crippen LogP contribution in [0.3, 0.4) is 0 Å². The van der Waals surface area contributed by atoms with E-state index in [0.717, 1.165) is 32.5 Å². The molecule has 0 aromatic heterocycles. The fraction of sp³-hybridized carbons (Fsp3) is 0.500. The first-order valence-corrected chi connectivity index (χ1v) is 7.37. The third-order valence-corrected chi connectivity index (χ3v) is 4.04. The Labute approximate surface area is 121 Å². The highest BCUT2D eigenvalue weighted by Crippen LogP contribution is 2.16. The molecule has 1 fully saturated rings. The zero-order chi connectivity index (χ0) is 13.8. The molecule has 0 saturated carbocycles. The average molecular weight is 329 g/mol. The second-order valence-corrected chi connectivity index (χ2v) is 5.72. The maximum atomic E-state index is 13.7. The van der Waals surface area contributed by atoms with Crippen molar-refractivity contribution in [2.75, 3.05) is 19.6 Å². The molecule has 1 aliphatic heterocycles. The van der Waals surface area contributed by atoms with Gasteiger partial charge in [-0.15, -0.1) is 0 Å². The van der Waals surface area contributed by atoms with Gasteiger partial charge in [0.1, 0.15) is 5.82 Å². The van der Waals surface area contributed by atoms with Crippen molar-refractivity contribution >= 4 is 21.8 Å². The van der Waals surface area contributed by atoms with Crippen molar-refractivity contribution in [1.29, 1.82) is 0 Å². The molecule has 104 valence electrons. The Morgan fingerprint density at radius 3 is 2.74 bits per heavy atom. The lowest BCUT2D eigenvalue weighted by atomic mass is 10.0. The number of benzene rings is 1. The van der Waals surface area contributed by atoms with E-state index in [4.69, 9.17) is 0 Å². The van der Waals surface area contributed by atoms with Crippen LogP contribution in [0.4, 0.5) is 4.39 Å². The van der Waals surface area contributed by atoms with Gasteiger partial charge in [-0.05, 0) is 37.6 Å². The summed E-state index contributed by atoms with van der Waals surface area (Å²) < 4.78 is 14.3. The lowest BCUT2D eigenvalue weighted by molar-refractivity contribution is 0.0908. The van der Waals surface area contributed by atoms with Gasteiger partial charge in [0.05, 0.1) is 5.56 Å². The van der Waals surface area contributed by atoms with Crippen molar-refractivity contribution in [3.63, 3.8) is 0 Å². The largest absolute Gasteiger partial charge is 0.349 e. The van der Waals surface area contributed by atoms with Crippen molar-refractivity contribution in [1.82, 2.24) is 10.2 Å². The molecule has 1 amide bonds. The highest BCUT2D eigenvalue weighted by atomic mass is 79.9. The molecule has 1 aromatic carbocycles. The summed E-state index contributed by atoms with van der Waals surface area (Å²) in [5.74, 6) is -0.808. The number of likely N-dealkylation sites (tertiary alicyclic amines) is 1. The first-order valence-electron chi connectivity index (χ1n) is 6.58. The number of halogens is 2. The van der Waals surface area contributed by atoms with Crippen LogP contribution < -0.4 is 5.32 Å². The molecule has 1 aliphatic rings. The third-order valence-electron chi connectivity index (χ3n) is 3.55. The second kappa shape index (κ2) is 6.48. The molecule has 0 unspecified atom stereocenters. The molecule has 19 heavy (non-hydrogen) atoms. The summed E-state index contributed by atoms with van der Waals surface area (Å²) in [4.78, 5) is 14.4. The fourth-order valence-corrected chi connectivity index (χ4v) is 2.66. The highest BCUT2D eigenvalue weighted by Gasteiger charge is 2.21. The molecule has 1 heterocycles. The number of hydrogen-bond donors (Lipinski definition) is 1. The summed E-state index contributed by atoms with van der Waals surface area (Å²) >= 11 is 3.18. The molecule has 0 bridgehead atoms. The topological polar surface area (TPSA) is 32.3 Å². The van der Waals surface area contributed by atoms with Gasteiger partial charge in [-0.2, -0.15) is 0 Å². The lowest BCUT2D eigenvalue weighted by Crippen LogP contribution is -2.44. The van der Waals surface area contributed by atoms with E-state index < -0.39 is 5.82 Å². The monoisotopic (exact) mass is 328 g/mol. The van der Waals surface area contributed by atoms with Gasteiger partial charge in [-0.3, -0.25) is 4.79 Å². The Kier molecular flexibility index (Phi) is 4.93. The van der Waals surface area contributed by atoms with E-state index in [9.17, 15) is 9.18 Å². The predicted octanol–water partition coefficient (Wildman–Crippen LogP) is 2.80. The van der Waals surface area contributed by atoms with Crippen LogP contribution in [-0.2, 0) is 0 Å². The smallest absolute Gasteiger partial charge is 0.254 e. The summed E-state index contributed by atoms with van der Waals surface area (Å²) in [6.07, 6.45) is 1.86. The van der Waals surface area contributed by atoms with Crippen molar-refractivity contribution in [2.24, 2.45) is 0 Å². The zero-order valence-electron chi connectivity index (χ0n) is 11.0. The number of carbonyl (C=O) groups excluding carboxylic acids is 1. The number of rotatable bonds is 3. The Morgan fingerprint density at radius 1 is 1.47 bits per heavy atom. The molecule has 0 atom stereocenters. The molecular formula is C14H18BrFN2O. The van der Waals surface area contributed by atoms with Crippen LogP contribution in [0.5, 0.6) is 0 Å². The van der Waals surface area contributed by atoms with E-state index in [1.165, 1.54) is 12.1 Å². The Hall–Kier alpha value is -0.940. The van der Waals surface area contributed by atoms with Crippen LogP contribution in [0.1, 0.15) is 30.1 Å². The quantitative estimate of drug-likeness (QED) is 0.925. The molecule has 1 aromatic rings.